The van der Waals surface area contributed by atoms with Gasteiger partial charge < -0.3 is 9.64 Å². The van der Waals surface area contributed by atoms with Crippen LogP contribution in [0.15, 0.2) is 29.2 Å². The van der Waals surface area contributed by atoms with Gasteiger partial charge in [0.25, 0.3) is 5.91 Å². The van der Waals surface area contributed by atoms with Crippen LogP contribution in [0.3, 0.4) is 0 Å². The normalized spacial score (nSPS) is 22.1. The maximum absolute atomic E-state index is 13.0. The molecule has 0 radical (unpaired) electrons. The lowest BCUT2D eigenvalue weighted by molar-refractivity contribution is -0.136. The molecule has 0 bridgehead atoms. The van der Waals surface area contributed by atoms with Gasteiger partial charge in [-0.1, -0.05) is 48.6 Å². The third-order valence-electron chi connectivity index (χ3n) is 5.93. The van der Waals surface area contributed by atoms with Crippen molar-refractivity contribution in [3.8, 4) is 5.75 Å². The summed E-state index contributed by atoms with van der Waals surface area (Å²) in [4.78, 5) is 29.4. The minimum absolute atomic E-state index is 0.0201. The Balaban J connectivity index is 1.46. The van der Waals surface area contributed by atoms with E-state index < -0.39 is 0 Å². The highest BCUT2D eigenvalue weighted by Gasteiger charge is 2.34. The molecule has 3 fully saturated rings. The fourth-order valence-electron chi connectivity index (χ4n) is 4.23. The average molecular weight is 445 g/mol. The van der Waals surface area contributed by atoms with Gasteiger partial charge in [-0.25, -0.2) is 0 Å². The molecule has 1 aromatic carbocycles. The number of carbonyl (C=O) groups is 2. The number of hydrogen-bond donors (Lipinski definition) is 0. The zero-order valence-corrected chi connectivity index (χ0v) is 18.8. The van der Waals surface area contributed by atoms with Crippen LogP contribution in [0.1, 0.15) is 56.9 Å². The number of nitrogens with zero attached hydrogens (tertiary/aromatic N) is 2. The van der Waals surface area contributed by atoms with E-state index in [2.05, 4.69) is 0 Å². The van der Waals surface area contributed by atoms with Crippen molar-refractivity contribution in [1.29, 1.82) is 0 Å². The Bertz CT molecular complexity index is 843. The molecule has 7 heteroatoms. The van der Waals surface area contributed by atoms with Crippen molar-refractivity contribution in [2.24, 2.45) is 0 Å². The molecule has 160 valence electrons. The standard InChI is InChI=1S/C23H28N2O3S2/c26-21(24-13-7-2-8-14-24)16-25-22(27)20(30-23(25)29)15-17-9-5-6-12-19(17)28-18-10-3-1-4-11-18/h5-6,9,12,15,18H,1-4,7-8,10-11,13-14,16H2/b20-15-. The second kappa shape index (κ2) is 9.96. The molecule has 4 rings (SSSR count). The zero-order chi connectivity index (χ0) is 20.9. The highest BCUT2D eigenvalue weighted by molar-refractivity contribution is 8.26. The summed E-state index contributed by atoms with van der Waals surface area (Å²) >= 11 is 6.68. The van der Waals surface area contributed by atoms with Gasteiger partial charge in [-0.05, 0) is 57.1 Å². The van der Waals surface area contributed by atoms with E-state index in [1.54, 1.807) is 0 Å². The average Bonchev–Trinajstić information content (AvgIpc) is 3.04. The molecule has 3 aliphatic rings. The topological polar surface area (TPSA) is 49.9 Å². The smallest absolute Gasteiger partial charge is 0.266 e. The molecule has 0 spiro atoms. The van der Waals surface area contributed by atoms with Crippen molar-refractivity contribution >= 4 is 46.2 Å². The molecule has 0 N–H and O–H groups in total. The Kier molecular flexibility index (Phi) is 7.10. The summed E-state index contributed by atoms with van der Waals surface area (Å²) < 4.78 is 6.70. The molecular formula is C23H28N2O3S2. The van der Waals surface area contributed by atoms with Crippen molar-refractivity contribution in [1.82, 2.24) is 9.80 Å². The fraction of sp³-hybridized carbons (Fsp3) is 0.522. The summed E-state index contributed by atoms with van der Waals surface area (Å²) in [6, 6.07) is 7.82. The first kappa shape index (κ1) is 21.4. The zero-order valence-electron chi connectivity index (χ0n) is 17.2. The Morgan fingerprint density at radius 1 is 1.10 bits per heavy atom. The summed E-state index contributed by atoms with van der Waals surface area (Å²) in [7, 11) is 0. The lowest BCUT2D eigenvalue weighted by Crippen LogP contribution is -2.44. The van der Waals surface area contributed by atoms with Crippen molar-refractivity contribution in [3.63, 3.8) is 0 Å². The van der Waals surface area contributed by atoms with E-state index in [4.69, 9.17) is 17.0 Å². The third-order valence-corrected chi connectivity index (χ3v) is 7.30. The van der Waals surface area contributed by atoms with Gasteiger partial charge in [-0.15, -0.1) is 0 Å². The number of ether oxygens (including phenoxy) is 1. The second-order valence-electron chi connectivity index (χ2n) is 8.12. The predicted molar refractivity (Wildman–Crippen MR) is 124 cm³/mol. The molecule has 2 saturated heterocycles. The molecule has 0 atom stereocenters. The Morgan fingerprint density at radius 2 is 1.80 bits per heavy atom. The molecule has 2 heterocycles. The summed E-state index contributed by atoms with van der Waals surface area (Å²) in [6.45, 7) is 1.58. The molecule has 1 aliphatic carbocycles. The number of carbonyl (C=O) groups excluding carboxylic acids is 2. The van der Waals surface area contributed by atoms with Crippen LogP contribution in [0, 0.1) is 0 Å². The Hall–Kier alpha value is -1.86. The summed E-state index contributed by atoms with van der Waals surface area (Å²) in [6.07, 6.45) is 11.2. The number of thioether (sulfide) groups is 1. The SMILES string of the molecule is O=C(CN1C(=O)/C(=C/c2ccccc2OC2CCCCC2)SC1=S)N1CCCCC1. The number of piperidine rings is 1. The Labute approximate surface area is 187 Å². The van der Waals surface area contributed by atoms with Crippen LogP contribution in [-0.2, 0) is 9.59 Å². The summed E-state index contributed by atoms with van der Waals surface area (Å²) in [5.74, 6) is 0.593. The number of likely N-dealkylation sites (tertiary alicyclic amines) is 1. The molecule has 1 aromatic rings. The molecule has 0 unspecified atom stereocenters. The number of rotatable bonds is 5. The van der Waals surface area contributed by atoms with Crippen LogP contribution >= 0.6 is 24.0 Å². The van der Waals surface area contributed by atoms with Crippen LogP contribution in [0.5, 0.6) is 5.75 Å². The fourth-order valence-corrected chi connectivity index (χ4v) is 5.47. The van der Waals surface area contributed by atoms with Crippen molar-refractivity contribution in [3.05, 3.63) is 34.7 Å². The van der Waals surface area contributed by atoms with Crippen LogP contribution in [0.25, 0.3) is 6.08 Å². The van der Waals surface area contributed by atoms with E-state index in [0.717, 1.165) is 56.5 Å². The first-order chi connectivity index (χ1) is 14.6. The van der Waals surface area contributed by atoms with E-state index in [1.165, 1.54) is 35.9 Å². The molecular weight excluding hydrogens is 416 g/mol. The third kappa shape index (κ3) is 5.06. The number of para-hydroxylation sites is 1. The maximum Gasteiger partial charge on any atom is 0.266 e. The first-order valence-electron chi connectivity index (χ1n) is 10.9. The van der Waals surface area contributed by atoms with Crippen molar-refractivity contribution in [2.75, 3.05) is 19.6 Å². The molecule has 5 nitrogen and oxygen atoms in total. The highest BCUT2D eigenvalue weighted by Crippen LogP contribution is 2.35. The van der Waals surface area contributed by atoms with Gasteiger partial charge in [0.1, 0.15) is 16.6 Å². The van der Waals surface area contributed by atoms with Crippen molar-refractivity contribution in [2.45, 2.75) is 57.5 Å². The van der Waals surface area contributed by atoms with Gasteiger partial charge in [-0.3, -0.25) is 14.5 Å². The quantitative estimate of drug-likeness (QED) is 0.490. The minimum atomic E-state index is -0.192. The van der Waals surface area contributed by atoms with Crippen LogP contribution in [-0.4, -0.2) is 51.7 Å². The molecule has 0 aromatic heterocycles. The van der Waals surface area contributed by atoms with E-state index in [9.17, 15) is 9.59 Å². The molecule has 1 saturated carbocycles. The predicted octanol–water partition coefficient (Wildman–Crippen LogP) is 4.61. The maximum atomic E-state index is 13.0. The number of hydrogen-bond acceptors (Lipinski definition) is 5. The van der Waals surface area contributed by atoms with Crippen LogP contribution in [0.2, 0.25) is 0 Å². The summed E-state index contributed by atoms with van der Waals surface area (Å²) in [5.41, 5.74) is 0.880. The van der Waals surface area contributed by atoms with E-state index in [0.29, 0.717) is 9.23 Å². The van der Waals surface area contributed by atoms with Gasteiger partial charge in [0.05, 0.1) is 11.0 Å². The molecule has 30 heavy (non-hydrogen) atoms. The first-order valence-corrected chi connectivity index (χ1v) is 12.1. The van der Waals surface area contributed by atoms with Crippen LogP contribution in [0.4, 0.5) is 0 Å². The van der Waals surface area contributed by atoms with Gasteiger partial charge >= 0.3 is 0 Å². The van der Waals surface area contributed by atoms with E-state index >= 15 is 0 Å². The lowest BCUT2D eigenvalue weighted by Gasteiger charge is -2.28. The molecule has 2 amide bonds. The van der Waals surface area contributed by atoms with E-state index in [-0.39, 0.29) is 24.5 Å². The van der Waals surface area contributed by atoms with Crippen molar-refractivity contribution < 1.29 is 14.3 Å². The van der Waals surface area contributed by atoms with Crippen LogP contribution < -0.4 is 4.74 Å². The van der Waals surface area contributed by atoms with Gasteiger partial charge in [-0.2, -0.15) is 0 Å². The Morgan fingerprint density at radius 3 is 2.57 bits per heavy atom. The van der Waals surface area contributed by atoms with Gasteiger partial charge in [0.15, 0.2) is 0 Å². The van der Waals surface area contributed by atoms with Gasteiger partial charge in [0.2, 0.25) is 5.91 Å². The van der Waals surface area contributed by atoms with Gasteiger partial charge in [0, 0.05) is 18.7 Å². The number of amides is 2. The summed E-state index contributed by atoms with van der Waals surface area (Å²) in [5, 5.41) is 0. The monoisotopic (exact) mass is 444 g/mol. The minimum Gasteiger partial charge on any atom is -0.490 e. The largest absolute Gasteiger partial charge is 0.490 e. The second-order valence-corrected chi connectivity index (χ2v) is 9.80. The number of benzene rings is 1. The molecule has 2 aliphatic heterocycles. The lowest BCUT2D eigenvalue weighted by atomic mass is 9.97. The highest BCUT2D eigenvalue weighted by atomic mass is 32.2. The number of thiocarbonyl (C=S) groups is 1. The van der Waals surface area contributed by atoms with E-state index in [1.807, 2.05) is 35.2 Å².